The van der Waals surface area contributed by atoms with Crippen LogP contribution in [0.4, 0.5) is 10.7 Å². The number of aromatic nitrogens is 2. The van der Waals surface area contributed by atoms with E-state index >= 15 is 0 Å². The van der Waals surface area contributed by atoms with Gasteiger partial charge in [0.05, 0.1) is 12.2 Å². The van der Waals surface area contributed by atoms with Crippen LogP contribution in [-0.2, 0) is 19.5 Å². The fourth-order valence-corrected chi connectivity index (χ4v) is 3.22. The second-order valence-electron chi connectivity index (χ2n) is 6.17. The number of nitrogens with one attached hydrogen (secondary N) is 1. The Labute approximate surface area is 145 Å². The van der Waals surface area contributed by atoms with Crippen molar-refractivity contribution in [2.24, 2.45) is 0 Å². The summed E-state index contributed by atoms with van der Waals surface area (Å²) in [5, 5.41) is 5.35. The summed E-state index contributed by atoms with van der Waals surface area (Å²) >= 11 is 0. The van der Waals surface area contributed by atoms with Gasteiger partial charge < -0.3 is 16.0 Å². The molecular formula is C19H19N5O. The van der Waals surface area contributed by atoms with Crippen molar-refractivity contribution < 1.29 is 4.79 Å². The number of nitrogens with two attached hydrogens (primary N) is 1. The minimum atomic E-state index is -0.0873. The molecule has 4 rings (SSSR count). The van der Waals surface area contributed by atoms with Gasteiger partial charge in [-0.05, 0) is 28.3 Å². The molecule has 2 heterocycles. The van der Waals surface area contributed by atoms with Gasteiger partial charge in [-0.25, -0.2) is 14.8 Å². The Morgan fingerprint density at radius 2 is 2.04 bits per heavy atom. The van der Waals surface area contributed by atoms with E-state index in [4.69, 9.17) is 5.73 Å². The first kappa shape index (κ1) is 15.4. The number of hydrogen-bond acceptors (Lipinski definition) is 4. The van der Waals surface area contributed by atoms with Crippen molar-refractivity contribution in [3.63, 3.8) is 0 Å². The fourth-order valence-electron chi connectivity index (χ4n) is 3.22. The van der Waals surface area contributed by atoms with Gasteiger partial charge in [-0.1, -0.05) is 42.5 Å². The summed E-state index contributed by atoms with van der Waals surface area (Å²) in [5.74, 6) is 0.247. The molecule has 3 aromatic rings. The number of anilines is 1. The molecule has 126 valence electrons. The molecule has 0 bridgehead atoms. The Hall–Kier alpha value is -3.15. The average molecular weight is 333 g/mol. The Bertz CT molecular complexity index is 935. The number of hydrogen-bond donors (Lipinski definition) is 2. The van der Waals surface area contributed by atoms with E-state index in [-0.39, 0.29) is 12.0 Å². The van der Waals surface area contributed by atoms with E-state index in [2.05, 4.69) is 33.5 Å². The van der Waals surface area contributed by atoms with E-state index in [0.29, 0.717) is 19.6 Å². The summed E-state index contributed by atoms with van der Waals surface area (Å²) in [5.41, 5.74) is 8.65. The predicted octanol–water partition coefficient (Wildman–Crippen LogP) is 2.48. The summed E-state index contributed by atoms with van der Waals surface area (Å²) in [6, 6.07) is 14.2. The van der Waals surface area contributed by atoms with E-state index in [9.17, 15) is 4.79 Å². The molecule has 0 fully saturated rings. The molecule has 2 amide bonds. The van der Waals surface area contributed by atoms with Gasteiger partial charge in [0, 0.05) is 19.3 Å². The summed E-state index contributed by atoms with van der Waals surface area (Å²) in [6.45, 7) is 1.61. The van der Waals surface area contributed by atoms with Crippen molar-refractivity contribution in [1.29, 1.82) is 0 Å². The van der Waals surface area contributed by atoms with E-state index in [0.717, 1.165) is 28.6 Å². The summed E-state index contributed by atoms with van der Waals surface area (Å²) in [7, 11) is 0. The van der Waals surface area contributed by atoms with E-state index in [1.807, 2.05) is 24.3 Å². The fraction of sp³-hybridized carbons (Fsp3) is 0.211. The molecule has 6 nitrogen and oxygen atoms in total. The SMILES string of the molecule is Nc1ncc2c(n1)CN(C(=O)NCc1cccc3ccccc13)CC2. The lowest BCUT2D eigenvalue weighted by Crippen LogP contribution is -2.42. The second kappa shape index (κ2) is 6.39. The molecule has 1 aromatic heterocycles. The van der Waals surface area contributed by atoms with Gasteiger partial charge in [0.2, 0.25) is 5.95 Å². The normalized spacial score (nSPS) is 13.5. The molecule has 25 heavy (non-hydrogen) atoms. The number of carbonyl (C=O) groups excluding carboxylic acids is 1. The van der Waals surface area contributed by atoms with Crippen molar-refractivity contribution >= 4 is 22.8 Å². The van der Waals surface area contributed by atoms with Crippen LogP contribution in [0.25, 0.3) is 10.8 Å². The Morgan fingerprint density at radius 3 is 2.96 bits per heavy atom. The van der Waals surface area contributed by atoms with Crippen LogP contribution in [-0.4, -0.2) is 27.4 Å². The van der Waals surface area contributed by atoms with Crippen LogP contribution in [0.1, 0.15) is 16.8 Å². The van der Waals surface area contributed by atoms with Gasteiger partial charge >= 0.3 is 6.03 Å². The number of amides is 2. The first-order valence-corrected chi connectivity index (χ1v) is 8.30. The zero-order valence-electron chi connectivity index (χ0n) is 13.8. The van der Waals surface area contributed by atoms with Gasteiger partial charge in [0.1, 0.15) is 0 Å². The summed E-state index contributed by atoms with van der Waals surface area (Å²) < 4.78 is 0. The van der Waals surface area contributed by atoms with Crippen LogP contribution in [0.5, 0.6) is 0 Å². The number of benzene rings is 2. The van der Waals surface area contributed by atoms with Crippen molar-refractivity contribution in [1.82, 2.24) is 20.2 Å². The Kier molecular flexibility index (Phi) is 3.93. The summed E-state index contributed by atoms with van der Waals surface area (Å²) in [4.78, 5) is 22.6. The number of urea groups is 1. The number of carbonyl (C=O) groups is 1. The standard InChI is InChI=1S/C19H19N5O/c20-18-21-11-15-8-9-24(12-17(15)23-18)19(25)22-10-14-6-3-5-13-4-1-2-7-16(13)14/h1-7,11H,8-10,12H2,(H,22,25)(H2,20,21,23). The van der Waals surface area contributed by atoms with Gasteiger partial charge in [-0.2, -0.15) is 0 Å². The van der Waals surface area contributed by atoms with Gasteiger partial charge in [-0.15, -0.1) is 0 Å². The third-order valence-corrected chi connectivity index (χ3v) is 4.56. The maximum Gasteiger partial charge on any atom is 0.318 e. The Balaban J connectivity index is 1.46. The highest BCUT2D eigenvalue weighted by Gasteiger charge is 2.22. The molecule has 0 unspecified atom stereocenters. The largest absolute Gasteiger partial charge is 0.368 e. The zero-order chi connectivity index (χ0) is 17.2. The van der Waals surface area contributed by atoms with Gasteiger partial charge in [0.15, 0.2) is 0 Å². The first-order chi connectivity index (χ1) is 12.2. The Morgan fingerprint density at radius 1 is 1.20 bits per heavy atom. The lowest BCUT2D eigenvalue weighted by Gasteiger charge is -2.28. The monoisotopic (exact) mass is 333 g/mol. The molecule has 3 N–H and O–H groups in total. The average Bonchev–Trinajstić information content (AvgIpc) is 2.65. The molecule has 2 aromatic carbocycles. The van der Waals surface area contributed by atoms with E-state index < -0.39 is 0 Å². The highest BCUT2D eigenvalue weighted by atomic mass is 16.2. The lowest BCUT2D eigenvalue weighted by molar-refractivity contribution is 0.191. The quantitative estimate of drug-likeness (QED) is 0.754. The smallest absolute Gasteiger partial charge is 0.318 e. The van der Waals surface area contributed by atoms with Crippen LogP contribution in [0.2, 0.25) is 0 Å². The van der Waals surface area contributed by atoms with Gasteiger partial charge in [0.25, 0.3) is 0 Å². The topological polar surface area (TPSA) is 84.1 Å². The minimum absolute atomic E-state index is 0.0873. The third-order valence-electron chi connectivity index (χ3n) is 4.56. The molecule has 0 aliphatic carbocycles. The molecule has 0 saturated carbocycles. The van der Waals surface area contributed by atoms with Crippen LogP contribution in [0, 0.1) is 0 Å². The van der Waals surface area contributed by atoms with E-state index in [1.165, 1.54) is 5.39 Å². The van der Waals surface area contributed by atoms with E-state index in [1.54, 1.807) is 11.1 Å². The van der Waals surface area contributed by atoms with Crippen LogP contribution < -0.4 is 11.1 Å². The number of nitrogen functional groups attached to an aromatic ring is 1. The van der Waals surface area contributed by atoms with Crippen LogP contribution >= 0.6 is 0 Å². The van der Waals surface area contributed by atoms with Crippen LogP contribution in [0.15, 0.2) is 48.7 Å². The number of nitrogens with zero attached hydrogens (tertiary/aromatic N) is 3. The molecule has 0 radical (unpaired) electrons. The molecule has 1 aliphatic rings. The number of rotatable bonds is 2. The maximum atomic E-state index is 12.5. The molecule has 0 atom stereocenters. The molecular weight excluding hydrogens is 314 g/mol. The highest BCUT2D eigenvalue weighted by Crippen LogP contribution is 2.19. The first-order valence-electron chi connectivity index (χ1n) is 8.30. The van der Waals surface area contributed by atoms with Crippen molar-refractivity contribution in [3.05, 3.63) is 65.5 Å². The summed E-state index contributed by atoms with van der Waals surface area (Å²) in [6.07, 6.45) is 2.50. The van der Waals surface area contributed by atoms with Crippen molar-refractivity contribution in [2.45, 2.75) is 19.5 Å². The number of fused-ring (bicyclic) bond motifs is 2. The maximum absolute atomic E-state index is 12.5. The van der Waals surface area contributed by atoms with Crippen LogP contribution in [0.3, 0.4) is 0 Å². The predicted molar refractivity (Wildman–Crippen MR) is 96.7 cm³/mol. The molecule has 0 spiro atoms. The third kappa shape index (κ3) is 3.10. The second-order valence-corrected chi connectivity index (χ2v) is 6.17. The van der Waals surface area contributed by atoms with Crippen molar-refractivity contribution in [2.75, 3.05) is 12.3 Å². The minimum Gasteiger partial charge on any atom is -0.368 e. The van der Waals surface area contributed by atoms with Crippen molar-refractivity contribution in [3.8, 4) is 0 Å². The van der Waals surface area contributed by atoms with Gasteiger partial charge in [-0.3, -0.25) is 0 Å². The molecule has 0 saturated heterocycles. The molecule has 6 heteroatoms. The highest BCUT2D eigenvalue weighted by molar-refractivity contribution is 5.86. The lowest BCUT2D eigenvalue weighted by atomic mass is 10.0. The molecule has 1 aliphatic heterocycles. The zero-order valence-corrected chi connectivity index (χ0v) is 13.8.